The van der Waals surface area contributed by atoms with E-state index >= 15 is 0 Å². The first kappa shape index (κ1) is 19.1. The van der Waals surface area contributed by atoms with Gasteiger partial charge >= 0.3 is 0 Å². The molecule has 0 fully saturated rings. The Kier molecular flexibility index (Phi) is 5.59. The molecule has 1 aliphatic heterocycles. The molecule has 1 aliphatic rings. The van der Waals surface area contributed by atoms with Crippen LogP contribution < -0.4 is 19.5 Å². The van der Waals surface area contributed by atoms with E-state index in [0.29, 0.717) is 25.5 Å². The van der Waals surface area contributed by atoms with E-state index in [1.807, 2.05) is 49.4 Å². The third-order valence-corrected chi connectivity index (χ3v) is 4.70. The number of aryl methyl sites for hydroxylation is 1. The lowest BCUT2D eigenvalue weighted by Crippen LogP contribution is -2.42. The van der Waals surface area contributed by atoms with Gasteiger partial charge < -0.3 is 19.5 Å². The molecule has 1 heterocycles. The lowest BCUT2D eigenvalue weighted by molar-refractivity contribution is -0.127. The first-order valence-electron chi connectivity index (χ1n) is 9.26. The van der Waals surface area contributed by atoms with E-state index in [0.717, 1.165) is 22.6 Å². The predicted molar refractivity (Wildman–Crippen MR) is 105 cm³/mol. The number of hydrogen-bond acceptors (Lipinski definition) is 4. The van der Waals surface area contributed by atoms with Crippen LogP contribution in [0, 0.1) is 6.92 Å². The van der Waals surface area contributed by atoms with E-state index in [9.17, 15) is 4.79 Å². The van der Waals surface area contributed by atoms with Gasteiger partial charge in [-0.25, -0.2) is 0 Å². The van der Waals surface area contributed by atoms with Crippen LogP contribution in [0.25, 0.3) is 0 Å². The molecule has 0 aromatic heterocycles. The van der Waals surface area contributed by atoms with Crippen LogP contribution in [-0.2, 0) is 10.2 Å². The van der Waals surface area contributed by atoms with Crippen molar-refractivity contribution in [2.45, 2.75) is 39.2 Å². The summed E-state index contributed by atoms with van der Waals surface area (Å²) in [6, 6.07) is 13.6. The Hall–Kier alpha value is -2.69. The maximum absolute atomic E-state index is 12.5. The standard InChI is InChI=1S/C22H27NO4/c1-15-6-5-7-18(12-15)27-16(2)21(24)23-14-22(3,4)17-8-9-19-20(13-17)26-11-10-25-19/h5-9,12-13,16H,10-11,14H2,1-4H3,(H,23,24). The number of nitrogens with one attached hydrogen (secondary N) is 1. The molecule has 5 nitrogen and oxygen atoms in total. The fourth-order valence-corrected chi connectivity index (χ4v) is 2.96. The van der Waals surface area contributed by atoms with Crippen molar-refractivity contribution in [2.75, 3.05) is 19.8 Å². The van der Waals surface area contributed by atoms with Crippen LogP contribution in [0.1, 0.15) is 31.9 Å². The molecule has 0 bridgehead atoms. The van der Waals surface area contributed by atoms with Crippen LogP contribution in [0.5, 0.6) is 17.2 Å². The van der Waals surface area contributed by atoms with Crippen molar-refractivity contribution >= 4 is 5.91 Å². The second-order valence-electron chi connectivity index (χ2n) is 7.54. The summed E-state index contributed by atoms with van der Waals surface area (Å²) in [5.41, 5.74) is 1.92. The third kappa shape index (κ3) is 4.73. The number of carbonyl (C=O) groups excluding carboxylic acids is 1. The molecule has 0 saturated heterocycles. The molecule has 1 amide bonds. The van der Waals surface area contributed by atoms with E-state index in [2.05, 4.69) is 19.2 Å². The average Bonchev–Trinajstić information content (AvgIpc) is 2.65. The highest BCUT2D eigenvalue weighted by Gasteiger charge is 2.25. The largest absolute Gasteiger partial charge is 0.486 e. The first-order valence-corrected chi connectivity index (χ1v) is 9.26. The Morgan fingerprint density at radius 1 is 1.15 bits per heavy atom. The minimum atomic E-state index is -0.567. The van der Waals surface area contributed by atoms with E-state index in [4.69, 9.17) is 14.2 Å². The van der Waals surface area contributed by atoms with E-state index < -0.39 is 6.10 Å². The van der Waals surface area contributed by atoms with Gasteiger partial charge in [-0.05, 0) is 49.2 Å². The molecule has 1 unspecified atom stereocenters. The van der Waals surface area contributed by atoms with Gasteiger partial charge in [0, 0.05) is 12.0 Å². The molecular formula is C22H27NO4. The van der Waals surface area contributed by atoms with Crippen molar-refractivity contribution in [2.24, 2.45) is 0 Å². The number of hydrogen-bond donors (Lipinski definition) is 1. The molecule has 1 N–H and O–H groups in total. The number of benzene rings is 2. The summed E-state index contributed by atoms with van der Waals surface area (Å²) in [6.45, 7) is 9.55. The SMILES string of the molecule is Cc1cccc(OC(C)C(=O)NCC(C)(C)c2ccc3c(c2)OCCO3)c1. The molecule has 2 aromatic carbocycles. The zero-order valence-electron chi connectivity index (χ0n) is 16.4. The molecule has 5 heteroatoms. The molecule has 3 rings (SSSR count). The van der Waals surface area contributed by atoms with Gasteiger partial charge in [0.1, 0.15) is 19.0 Å². The Bertz CT molecular complexity index is 816. The summed E-state index contributed by atoms with van der Waals surface area (Å²) < 4.78 is 17.0. The van der Waals surface area contributed by atoms with Gasteiger partial charge in [0.15, 0.2) is 17.6 Å². The van der Waals surface area contributed by atoms with Crippen molar-refractivity contribution in [3.63, 3.8) is 0 Å². The van der Waals surface area contributed by atoms with Gasteiger partial charge in [-0.3, -0.25) is 4.79 Å². The lowest BCUT2D eigenvalue weighted by atomic mass is 9.84. The summed E-state index contributed by atoms with van der Waals surface area (Å²) >= 11 is 0. The van der Waals surface area contributed by atoms with E-state index in [1.165, 1.54) is 0 Å². The first-order chi connectivity index (χ1) is 12.8. The monoisotopic (exact) mass is 369 g/mol. The van der Waals surface area contributed by atoms with Gasteiger partial charge in [0.2, 0.25) is 0 Å². The number of fused-ring (bicyclic) bond motifs is 1. The van der Waals surface area contributed by atoms with Crippen LogP contribution in [0.3, 0.4) is 0 Å². The maximum Gasteiger partial charge on any atom is 0.260 e. The Morgan fingerprint density at radius 2 is 1.89 bits per heavy atom. The molecule has 144 valence electrons. The molecule has 27 heavy (non-hydrogen) atoms. The van der Waals surface area contributed by atoms with Crippen LogP contribution in [0.4, 0.5) is 0 Å². The molecule has 0 radical (unpaired) electrons. The van der Waals surface area contributed by atoms with Gasteiger partial charge in [0.05, 0.1) is 0 Å². The summed E-state index contributed by atoms with van der Waals surface area (Å²) in [4.78, 5) is 12.5. The van der Waals surface area contributed by atoms with Gasteiger partial charge in [-0.2, -0.15) is 0 Å². The number of ether oxygens (including phenoxy) is 3. The summed E-state index contributed by atoms with van der Waals surface area (Å²) in [7, 11) is 0. The molecule has 1 atom stereocenters. The number of rotatable bonds is 6. The minimum Gasteiger partial charge on any atom is -0.486 e. The maximum atomic E-state index is 12.5. The Morgan fingerprint density at radius 3 is 2.63 bits per heavy atom. The summed E-state index contributed by atoms with van der Waals surface area (Å²) in [5.74, 6) is 2.09. The Balaban J connectivity index is 1.60. The summed E-state index contributed by atoms with van der Waals surface area (Å²) in [6.07, 6.45) is -0.567. The minimum absolute atomic E-state index is 0.137. The van der Waals surface area contributed by atoms with Crippen LogP contribution in [0.2, 0.25) is 0 Å². The van der Waals surface area contributed by atoms with Crippen molar-refractivity contribution in [3.8, 4) is 17.2 Å². The zero-order valence-corrected chi connectivity index (χ0v) is 16.4. The van der Waals surface area contributed by atoms with E-state index in [1.54, 1.807) is 6.92 Å². The molecule has 2 aromatic rings. The zero-order chi connectivity index (χ0) is 19.4. The number of carbonyl (C=O) groups is 1. The van der Waals surface area contributed by atoms with Crippen molar-refractivity contribution in [3.05, 3.63) is 53.6 Å². The molecule has 0 saturated carbocycles. The fourth-order valence-electron chi connectivity index (χ4n) is 2.96. The summed E-state index contributed by atoms with van der Waals surface area (Å²) in [5, 5.41) is 3.00. The number of amides is 1. The second-order valence-corrected chi connectivity index (χ2v) is 7.54. The van der Waals surface area contributed by atoms with Crippen LogP contribution >= 0.6 is 0 Å². The molecule has 0 aliphatic carbocycles. The van der Waals surface area contributed by atoms with Gasteiger partial charge in [-0.1, -0.05) is 32.0 Å². The normalized spacial score (nSPS) is 14.4. The van der Waals surface area contributed by atoms with Crippen LogP contribution in [-0.4, -0.2) is 31.8 Å². The van der Waals surface area contributed by atoms with Crippen molar-refractivity contribution in [1.29, 1.82) is 0 Å². The third-order valence-electron chi connectivity index (χ3n) is 4.70. The second kappa shape index (κ2) is 7.91. The Labute approximate surface area is 160 Å². The van der Waals surface area contributed by atoms with Crippen molar-refractivity contribution in [1.82, 2.24) is 5.32 Å². The highest BCUT2D eigenvalue weighted by molar-refractivity contribution is 5.80. The average molecular weight is 369 g/mol. The fraction of sp³-hybridized carbons (Fsp3) is 0.409. The topological polar surface area (TPSA) is 56.8 Å². The highest BCUT2D eigenvalue weighted by atomic mass is 16.6. The lowest BCUT2D eigenvalue weighted by Gasteiger charge is -2.28. The van der Waals surface area contributed by atoms with Gasteiger partial charge in [0.25, 0.3) is 5.91 Å². The van der Waals surface area contributed by atoms with Crippen molar-refractivity contribution < 1.29 is 19.0 Å². The van der Waals surface area contributed by atoms with E-state index in [-0.39, 0.29) is 11.3 Å². The smallest absolute Gasteiger partial charge is 0.260 e. The van der Waals surface area contributed by atoms with Gasteiger partial charge in [-0.15, -0.1) is 0 Å². The molecule has 0 spiro atoms. The van der Waals surface area contributed by atoms with Crippen LogP contribution in [0.15, 0.2) is 42.5 Å². The molecular weight excluding hydrogens is 342 g/mol. The quantitative estimate of drug-likeness (QED) is 0.845. The highest BCUT2D eigenvalue weighted by Crippen LogP contribution is 2.34. The predicted octanol–water partition coefficient (Wildman–Crippen LogP) is 3.63.